The third-order valence-electron chi connectivity index (χ3n) is 4.20. The van der Waals surface area contributed by atoms with Gasteiger partial charge in [-0.3, -0.25) is 0 Å². The van der Waals surface area contributed by atoms with E-state index in [1.165, 1.54) is 24.3 Å². The highest BCUT2D eigenvalue weighted by Crippen LogP contribution is 2.42. The predicted molar refractivity (Wildman–Crippen MR) is 83.3 cm³/mol. The van der Waals surface area contributed by atoms with Crippen molar-refractivity contribution in [3.05, 3.63) is 75.2 Å². The molecule has 0 atom stereocenters. The standard InChI is InChI=1S/C15H6BBrF6N2/c17-11-14(20)12(18)10(13(19)15(11)21)9-7-3-1-5-24(7)16(22,23)25-6-2-4-8(9)25/h1-6H. The molecule has 10 heteroatoms. The molecule has 0 unspecified atom stereocenters. The number of benzene rings is 1. The second-order valence-corrected chi connectivity index (χ2v) is 6.30. The van der Waals surface area contributed by atoms with E-state index in [-0.39, 0.29) is 17.0 Å². The summed E-state index contributed by atoms with van der Waals surface area (Å²) < 4.78 is 86.1. The number of aromatic nitrogens is 1. The summed E-state index contributed by atoms with van der Waals surface area (Å²) in [4.78, 5) is 0. The highest BCUT2D eigenvalue weighted by Gasteiger charge is 2.52. The lowest BCUT2D eigenvalue weighted by molar-refractivity contribution is -0.356. The Morgan fingerprint density at radius 1 is 1.00 bits per heavy atom. The molecule has 3 heterocycles. The minimum atomic E-state index is -4.29. The molecule has 0 spiro atoms. The van der Waals surface area contributed by atoms with Crippen molar-refractivity contribution in [2.24, 2.45) is 0 Å². The summed E-state index contributed by atoms with van der Waals surface area (Å²) >= 11 is 2.44. The molecule has 25 heavy (non-hydrogen) atoms. The normalized spacial score (nSPS) is 17.6. The van der Waals surface area contributed by atoms with Crippen LogP contribution in [-0.4, -0.2) is 22.1 Å². The van der Waals surface area contributed by atoms with Crippen LogP contribution in [0.1, 0.15) is 11.3 Å². The van der Waals surface area contributed by atoms with Crippen molar-refractivity contribution < 1.29 is 30.7 Å². The molecule has 0 radical (unpaired) electrons. The quantitative estimate of drug-likeness (QED) is 0.280. The first-order valence-electron chi connectivity index (χ1n) is 7.02. The molecule has 0 bridgehead atoms. The summed E-state index contributed by atoms with van der Waals surface area (Å²) in [7, 11) is 0. The van der Waals surface area contributed by atoms with Crippen LogP contribution in [0.2, 0.25) is 0 Å². The van der Waals surface area contributed by atoms with Gasteiger partial charge in [-0.1, -0.05) is 0 Å². The lowest BCUT2D eigenvalue weighted by atomic mass is 9.86. The van der Waals surface area contributed by atoms with Gasteiger partial charge in [0.15, 0.2) is 29.0 Å². The van der Waals surface area contributed by atoms with Gasteiger partial charge in [-0.25, -0.2) is 17.6 Å². The predicted octanol–water partition coefficient (Wildman–Crippen LogP) is 4.46. The van der Waals surface area contributed by atoms with Gasteiger partial charge in [0.1, 0.15) is 6.21 Å². The summed E-state index contributed by atoms with van der Waals surface area (Å²) in [6.07, 6.45) is 4.55. The fraction of sp³-hybridized carbons (Fsp3) is 0. The van der Waals surface area contributed by atoms with E-state index in [9.17, 15) is 26.2 Å². The molecule has 1 aromatic carbocycles. The molecule has 0 aliphatic carbocycles. The van der Waals surface area contributed by atoms with E-state index in [1.54, 1.807) is 0 Å². The number of fused-ring (bicyclic) bond motifs is 2. The third-order valence-corrected chi connectivity index (χ3v) is 4.90. The van der Waals surface area contributed by atoms with Crippen LogP contribution in [0.15, 0.2) is 40.7 Å². The Labute approximate surface area is 145 Å². The number of allylic oxidation sites excluding steroid dienone is 2. The Balaban J connectivity index is 2.15. The molecule has 1 aromatic heterocycles. The van der Waals surface area contributed by atoms with Gasteiger partial charge in [0.25, 0.3) is 0 Å². The fourth-order valence-corrected chi connectivity index (χ4v) is 3.45. The topological polar surface area (TPSA) is 7.94 Å². The molecule has 0 N–H and O–H groups in total. The molecule has 128 valence electrons. The van der Waals surface area contributed by atoms with Crippen LogP contribution in [0.25, 0.3) is 5.57 Å². The second kappa shape index (κ2) is 5.14. The van der Waals surface area contributed by atoms with Gasteiger partial charge in [0.2, 0.25) is 0 Å². The van der Waals surface area contributed by atoms with Crippen molar-refractivity contribution in [2.45, 2.75) is 0 Å². The van der Waals surface area contributed by atoms with Crippen molar-refractivity contribution in [3.8, 4) is 0 Å². The second-order valence-electron chi connectivity index (χ2n) is 5.51. The van der Waals surface area contributed by atoms with E-state index >= 15 is 0 Å². The first kappa shape index (κ1) is 16.3. The van der Waals surface area contributed by atoms with E-state index < -0.39 is 40.3 Å². The average molecular weight is 419 g/mol. The lowest BCUT2D eigenvalue weighted by Crippen LogP contribution is -2.49. The van der Waals surface area contributed by atoms with E-state index in [1.807, 2.05) is 0 Å². The molecule has 0 saturated heterocycles. The Morgan fingerprint density at radius 3 is 2.28 bits per heavy atom. The summed E-state index contributed by atoms with van der Waals surface area (Å²) in [6, 6.07) is 2.47. The molecule has 0 fully saturated rings. The number of rotatable bonds is 1. The first-order chi connectivity index (χ1) is 11.8. The van der Waals surface area contributed by atoms with Gasteiger partial charge in [-0.15, -0.1) is 0 Å². The highest BCUT2D eigenvalue weighted by atomic mass is 79.9. The Morgan fingerprint density at radius 2 is 1.64 bits per heavy atom. The number of nitrogens with zero attached hydrogens (tertiary/aromatic N) is 2. The number of halogens is 7. The summed E-state index contributed by atoms with van der Waals surface area (Å²) in [5, 5.41) is 0. The SMILES string of the molecule is Fc1c(F)c(C2=C3C=CC=[N+]3[B-](F)(F)n3cccc32)c(F)c(F)c1Br. The summed E-state index contributed by atoms with van der Waals surface area (Å²) in [5.74, 6) is -6.61. The largest absolute Gasteiger partial charge is 0.737 e. The maximum atomic E-state index is 14.6. The van der Waals surface area contributed by atoms with Gasteiger partial charge in [-0.05, 0) is 34.3 Å². The molecule has 2 aliphatic heterocycles. The number of hydrogen-bond acceptors (Lipinski definition) is 0. The third kappa shape index (κ3) is 1.97. The molecule has 2 aliphatic rings. The minimum absolute atomic E-state index is 0.241. The van der Waals surface area contributed by atoms with Gasteiger partial charge in [0.05, 0.1) is 15.6 Å². The molecule has 4 rings (SSSR count). The smallest absolute Gasteiger partial charge is 0.396 e. The fourth-order valence-electron chi connectivity index (χ4n) is 3.10. The van der Waals surface area contributed by atoms with Crippen LogP contribution in [0.4, 0.5) is 26.2 Å². The van der Waals surface area contributed by atoms with Gasteiger partial charge in [0, 0.05) is 17.8 Å². The first-order valence-corrected chi connectivity index (χ1v) is 7.82. The van der Waals surface area contributed by atoms with Crippen LogP contribution < -0.4 is 0 Å². The zero-order valence-electron chi connectivity index (χ0n) is 12.1. The van der Waals surface area contributed by atoms with Crippen molar-refractivity contribution in [1.29, 1.82) is 0 Å². The van der Waals surface area contributed by atoms with Gasteiger partial charge < -0.3 is 17.6 Å². The Kier molecular flexibility index (Phi) is 3.34. The Bertz CT molecular complexity index is 1010. The molecular formula is C15H6BBrF6N2. The van der Waals surface area contributed by atoms with Gasteiger partial charge in [-0.2, -0.15) is 0 Å². The molecule has 2 nitrogen and oxygen atoms in total. The zero-order valence-corrected chi connectivity index (χ0v) is 13.7. The maximum absolute atomic E-state index is 14.6. The molecule has 2 aromatic rings. The van der Waals surface area contributed by atoms with E-state index in [0.29, 0.717) is 8.96 Å². The summed E-state index contributed by atoms with van der Waals surface area (Å²) in [5.41, 5.74) is -1.88. The van der Waals surface area contributed by atoms with Crippen molar-refractivity contribution in [1.82, 2.24) is 4.48 Å². The van der Waals surface area contributed by atoms with Crippen LogP contribution in [0.3, 0.4) is 0 Å². The average Bonchev–Trinajstić information content (AvgIpc) is 3.24. The molecule has 0 saturated carbocycles. The van der Waals surface area contributed by atoms with Gasteiger partial charge >= 0.3 is 6.97 Å². The minimum Gasteiger partial charge on any atom is -0.396 e. The summed E-state index contributed by atoms with van der Waals surface area (Å²) in [6.45, 7) is -4.29. The van der Waals surface area contributed by atoms with Crippen LogP contribution in [0.5, 0.6) is 0 Å². The van der Waals surface area contributed by atoms with Crippen molar-refractivity contribution >= 4 is 34.7 Å². The van der Waals surface area contributed by atoms with Crippen LogP contribution >= 0.6 is 15.9 Å². The lowest BCUT2D eigenvalue weighted by Gasteiger charge is -2.31. The number of hydrogen-bond donors (Lipinski definition) is 0. The van der Waals surface area contributed by atoms with E-state index in [4.69, 9.17) is 0 Å². The van der Waals surface area contributed by atoms with Crippen LogP contribution in [0, 0.1) is 23.3 Å². The van der Waals surface area contributed by atoms with Crippen molar-refractivity contribution in [3.63, 3.8) is 0 Å². The molecular weight excluding hydrogens is 413 g/mol. The monoisotopic (exact) mass is 418 g/mol. The highest BCUT2D eigenvalue weighted by molar-refractivity contribution is 9.10. The van der Waals surface area contributed by atoms with E-state index in [2.05, 4.69) is 15.9 Å². The van der Waals surface area contributed by atoms with E-state index in [0.717, 1.165) is 12.4 Å². The Hall–Kier alpha value is -2.23. The maximum Gasteiger partial charge on any atom is 0.737 e. The van der Waals surface area contributed by atoms with Crippen LogP contribution in [-0.2, 0) is 0 Å². The molecule has 0 amide bonds. The zero-order chi connectivity index (χ0) is 18.1. The van der Waals surface area contributed by atoms with Crippen molar-refractivity contribution in [2.75, 3.05) is 0 Å².